The zero-order chi connectivity index (χ0) is 19.9. The molecule has 0 aromatic carbocycles. The molecular formula is C18H38IN5O3S. The summed E-state index contributed by atoms with van der Waals surface area (Å²) in [4.78, 5) is 6.79. The van der Waals surface area contributed by atoms with E-state index in [9.17, 15) is 8.42 Å². The van der Waals surface area contributed by atoms with Gasteiger partial charge in [-0.05, 0) is 33.1 Å². The summed E-state index contributed by atoms with van der Waals surface area (Å²) in [5.41, 5.74) is 0. The van der Waals surface area contributed by atoms with Crippen molar-refractivity contribution in [2.45, 2.75) is 58.2 Å². The Kier molecular flexibility index (Phi) is 11.6. The van der Waals surface area contributed by atoms with Crippen molar-refractivity contribution in [1.29, 1.82) is 0 Å². The lowest BCUT2D eigenvalue weighted by Gasteiger charge is -2.38. The van der Waals surface area contributed by atoms with Crippen molar-refractivity contribution in [1.82, 2.24) is 19.8 Å². The van der Waals surface area contributed by atoms with Crippen molar-refractivity contribution in [3.05, 3.63) is 0 Å². The molecular weight excluding hydrogens is 493 g/mol. The largest absolute Gasteiger partial charge is 0.379 e. The van der Waals surface area contributed by atoms with E-state index in [0.717, 1.165) is 45.1 Å². The minimum Gasteiger partial charge on any atom is -0.379 e. The van der Waals surface area contributed by atoms with Crippen LogP contribution in [0.15, 0.2) is 4.99 Å². The monoisotopic (exact) mass is 531 g/mol. The number of sulfonamides is 1. The van der Waals surface area contributed by atoms with E-state index in [1.807, 2.05) is 6.92 Å². The van der Waals surface area contributed by atoms with Crippen molar-refractivity contribution in [3.8, 4) is 0 Å². The van der Waals surface area contributed by atoms with Crippen LogP contribution < -0.4 is 10.6 Å². The molecule has 2 N–H and O–H groups in total. The number of rotatable bonds is 7. The first-order valence-corrected chi connectivity index (χ1v) is 11.8. The summed E-state index contributed by atoms with van der Waals surface area (Å²) in [6, 6.07) is 1.07. The van der Waals surface area contributed by atoms with Crippen molar-refractivity contribution in [2.75, 3.05) is 52.2 Å². The predicted octanol–water partition coefficient (Wildman–Crippen LogP) is 1.08. The first-order valence-electron chi connectivity index (χ1n) is 10.2. The van der Waals surface area contributed by atoms with Gasteiger partial charge in [0.05, 0.1) is 19.0 Å². The fourth-order valence-electron chi connectivity index (χ4n) is 3.81. The Morgan fingerprint density at radius 3 is 2.54 bits per heavy atom. The van der Waals surface area contributed by atoms with E-state index in [1.165, 1.54) is 0 Å². The number of nitrogens with one attached hydrogen (secondary N) is 2. The first-order chi connectivity index (χ1) is 12.9. The fraction of sp³-hybridized carbons (Fsp3) is 0.944. The molecule has 0 aliphatic carbocycles. The summed E-state index contributed by atoms with van der Waals surface area (Å²) in [6.45, 7) is 10.8. The quantitative estimate of drug-likeness (QED) is 0.291. The van der Waals surface area contributed by atoms with E-state index in [1.54, 1.807) is 11.4 Å². The van der Waals surface area contributed by atoms with E-state index in [-0.39, 0.29) is 35.8 Å². The van der Waals surface area contributed by atoms with Crippen LogP contribution in [0.5, 0.6) is 0 Å². The van der Waals surface area contributed by atoms with Gasteiger partial charge in [0.15, 0.2) is 5.96 Å². The second kappa shape index (κ2) is 12.5. The van der Waals surface area contributed by atoms with Crippen molar-refractivity contribution in [3.63, 3.8) is 0 Å². The van der Waals surface area contributed by atoms with E-state index >= 15 is 0 Å². The third kappa shape index (κ3) is 7.58. The van der Waals surface area contributed by atoms with Crippen molar-refractivity contribution >= 4 is 40.0 Å². The fourth-order valence-corrected chi connectivity index (χ4v) is 5.35. The van der Waals surface area contributed by atoms with Crippen LogP contribution in [0.3, 0.4) is 0 Å². The highest BCUT2D eigenvalue weighted by molar-refractivity contribution is 14.0. The van der Waals surface area contributed by atoms with Crippen LogP contribution >= 0.6 is 24.0 Å². The molecule has 28 heavy (non-hydrogen) atoms. The third-order valence-corrected chi connectivity index (χ3v) is 7.50. The Morgan fingerprint density at radius 1 is 1.29 bits per heavy atom. The normalized spacial score (nSPS) is 24.4. The van der Waals surface area contributed by atoms with Gasteiger partial charge >= 0.3 is 0 Å². The molecule has 2 aliphatic heterocycles. The first kappa shape index (κ1) is 25.9. The van der Waals surface area contributed by atoms with Gasteiger partial charge < -0.3 is 15.4 Å². The zero-order valence-electron chi connectivity index (χ0n) is 17.7. The highest BCUT2D eigenvalue weighted by atomic mass is 127. The van der Waals surface area contributed by atoms with Crippen LogP contribution in [0, 0.1) is 0 Å². The average molecular weight is 532 g/mol. The number of guanidine groups is 1. The number of aliphatic imine (C=N–C) groups is 1. The molecule has 2 fully saturated rings. The average Bonchev–Trinajstić information content (AvgIpc) is 2.65. The molecule has 0 spiro atoms. The van der Waals surface area contributed by atoms with Gasteiger partial charge in [-0.25, -0.2) is 12.7 Å². The number of ether oxygens (including phenoxy) is 1. The maximum Gasteiger partial charge on any atom is 0.214 e. The van der Waals surface area contributed by atoms with Crippen molar-refractivity contribution in [2.24, 2.45) is 4.99 Å². The summed E-state index contributed by atoms with van der Waals surface area (Å²) >= 11 is 0. The number of hydrogen-bond acceptors (Lipinski definition) is 5. The van der Waals surface area contributed by atoms with E-state index in [2.05, 4.69) is 34.4 Å². The number of hydrogen-bond donors (Lipinski definition) is 2. The van der Waals surface area contributed by atoms with Crippen LogP contribution in [-0.2, 0) is 14.8 Å². The Balaban J connectivity index is 0.00000392. The van der Waals surface area contributed by atoms with Crippen LogP contribution in [0.1, 0.15) is 40.0 Å². The van der Waals surface area contributed by atoms with Crippen LogP contribution in [0.25, 0.3) is 0 Å². The minimum absolute atomic E-state index is 0. The molecule has 0 aromatic rings. The standard InChI is InChI=1S/C18H37N5O3S.HI/c1-5-12-27(24,25)22-8-6-17(7-9-22)21-18(19-4)20-13-15(2)23-10-11-26-14-16(23)3;/h15-17H,5-14H2,1-4H3,(H2,19,20,21);1H. The molecule has 2 aliphatic rings. The summed E-state index contributed by atoms with van der Waals surface area (Å²) in [5.74, 6) is 1.03. The number of nitrogens with zero attached hydrogens (tertiary/aromatic N) is 3. The molecule has 8 nitrogen and oxygen atoms in total. The van der Waals surface area contributed by atoms with Gasteiger partial charge in [0.1, 0.15) is 0 Å². The Hall–Kier alpha value is -0.170. The number of morpholine rings is 1. The highest BCUT2D eigenvalue weighted by Gasteiger charge is 2.28. The lowest BCUT2D eigenvalue weighted by molar-refractivity contribution is -0.0174. The van der Waals surface area contributed by atoms with Crippen molar-refractivity contribution < 1.29 is 13.2 Å². The van der Waals surface area contributed by atoms with Gasteiger partial charge in [0, 0.05) is 51.4 Å². The summed E-state index contributed by atoms with van der Waals surface area (Å²) < 4.78 is 31.5. The predicted molar refractivity (Wildman–Crippen MR) is 125 cm³/mol. The molecule has 0 saturated carbocycles. The SMILES string of the molecule is CCCS(=O)(=O)N1CCC(NC(=NC)NCC(C)N2CCOCC2C)CC1.I. The van der Waals surface area contributed by atoms with Gasteiger partial charge in [-0.15, -0.1) is 24.0 Å². The maximum atomic E-state index is 12.2. The molecule has 166 valence electrons. The second-order valence-electron chi connectivity index (χ2n) is 7.60. The Morgan fingerprint density at radius 2 is 1.96 bits per heavy atom. The van der Waals surface area contributed by atoms with E-state index in [0.29, 0.717) is 31.6 Å². The van der Waals surface area contributed by atoms with Gasteiger partial charge in [0.2, 0.25) is 10.0 Å². The number of piperidine rings is 1. The molecule has 0 amide bonds. The van der Waals surface area contributed by atoms with Crippen LogP contribution in [-0.4, -0.2) is 93.9 Å². The molecule has 2 rings (SSSR count). The molecule has 2 atom stereocenters. The van der Waals surface area contributed by atoms with Crippen LogP contribution in [0.4, 0.5) is 0 Å². The molecule has 10 heteroatoms. The number of halogens is 1. The lowest BCUT2D eigenvalue weighted by Crippen LogP contribution is -2.54. The smallest absolute Gasteiger partial charge is 0.214 e. The summed E-state index contributed by atoms with van der Waals surface area (Å²) in [5, 5.41) is 6.87. The second-order valence-corrected chi connectivity index (χ2v) is 9.69. The maximum absolute atomic E-state index is 12.2. The van der Waals surface area contributed by atoms with E-state index < -0.39 is 10.0 Å². The third-order valence-electron chi connectivity index (χ3n) is 5.42. The van der Waals surface area contributed by atoms with Gasteiger partial charge in [-0.1, -0.05) is 6.92 Å². The molecule has 0 bridgehead atoms. The molecule has 0 aromatic heterocycles. The van der Waals surface area contributed by atoms with Gasteiger partial charge in [-0.3, -0.25) is 9.89 Å². The molecule has 2 unspecified atom stereocenters. The summed E-state index contributed by atoms with van der Waals surface area (Å²) in [7, 11) is -1.31. The highest BCUT2D eigenvalue weighted by Crippen LogP contribution is 2.15. The molecule has 2 heterocycles. The Bertz CT molecular complexity index is 582. The zero-order valence-corrected chi connectivity index (χ0v) is 20.8. The minimum atomic E-state index is -3.09. The lowest BCUT2D eigenvalue weighted by atomic mass is 10.1. The summed E-state index contributed by atoms with van der Waals surface area (Å²) in [6.07, 6.45) is 2.27. The van der Waals surface area contributed by atoms with Gasteiger partial charge in [0.25, 0.3) is 0 Å². The topological polar surface area (TPSA) is 86.3 Å². The van der Waals surface area contributed by atoms with Gasteiger partial charge in [-0.2, -0.15) is 0 Å². The molecule has 0 radical (unpaired) electrons. The van der Waals surface area contributed by atoms with Crippen LogP contribution in [0.2, 0.25) is 0 Å². The van der Waals surface area contributed by atoms with E-state index in [4.69, 9.17) is 4.74 Å². The Labute approximate surface area is 187 Å². The molecule has 2 saturated heterocycles.